The van der Waals surface area contributed by atoms with Gasteiger partial charge in [0.2, 0.25) is 5.91 Å². The topological polar surface area (TPSA) is 56.8 Å². The minimum Gasteiger partial charge on any atom is -0.496 e. The number of carbonyl (C=O) groups excluding carboxylic acids is 1. The van der Waals surface area contributed by atoms with Crippen LogP contribution in [0.1, 0.15) is 37.3 Å². The maximum absolute atomic E-state index is 12.3. The molecule has 0 saturated heterocycles. The maximum atomic E-state index is 12.3. The SMILES string of the molecule is CCOc1cc2c(cc1OCC)[C@@H](c1cc(Br)ccc1OC)CC(=O)N2. The number of nitrogens with one attached hydrogen (secondary N) is 1. The third-order valence-electron chi connectivity index (χ3n) is 4.32. The highest BCUT2D eigenvalue weighted by atomic mass is 79.9. The second kappa shape index (κ2) is 7.99. The second-order valence-electron chi connectivity index (χ2n) is 5.94. The molecule has 1 N–H and O–H groups in total. The molecule has 0 unspecified atom stereocenters. The smallest absolute Gasteiger partial charge is 0.225 e. The Balaban J connectivity index is 2.15. The highest BCUT2D eigenvalue weighted by molar-refractivity contribution is 9.10. The Morgan fingerprint density at radius 2 is 1.73 bits per heavy atom. The molecule has 1 atom stereocenters. The van der Waals surface area contributed by atoms with Gasteiger partial charge in [0, 0.05) is 34.1 Å². The fourth-order valence-electron chi connectivity index (χ4n) is 3.26. The molecule has 1 heterocycles. The van der Waals surface area contributed by atoms with Gasteiger partial charge in [-0.05, 0) is 43.7 Å². The molecule has 0 radical (unpaired) electrons. The van der Waals surface area contributed by atoms with E-state index in [1.807, 2.05) is 44.2 Å². The molecule has 138 valence electrons. The van der Waals surface area contributed by atoms with Crippen molar-refractivity contribution in [2.75, 3.05) is 25.6 Å². The molecule has 0 spiro atoms. The Labute approximate surface area is 161 Å². The van der Waals surface area contributed by atoms with E-state index in [2.05, 4.69) is 21.2 Å². The van der Waals surface area contributed by atoms with Crippen molar-refractivity contribution in [3.8, 4) is 17.2 Å². The number of fused-ring (bicyclic) bond motifs is 1. The van der Waals surface area contributed by atoms with Gasteiger partial charge in [-0.15, -0.1) is 0 Å². The van der Waals surface area contributed by atoms with Crippen LogP contribution in [-0.4, -0.2) is 26.2 Å². The predicted molar refractivity (Wildman–Crippen MR) is 105 cm³/mol. The van der Waals surface area contributed by atoms with Crippen LogP contribution in [0.3, 0.4) is 0 Å². The molecule has 0 saturated carbocycles. The molecule has 2 aromatic rings. The van der Waals surface area contributed by atoms with Gasteiger partial charge in [0.15, 0.2) is 11.5 Å². The lowest BCUT2D eigenvalue weighted by Gasteiger charge is -2.28. The summed E-state index contributed by atoms with van der Waals surface area (Å²) in [5.41, 5.74) is 2.71. The normalized spacial score (nSPS) is 15.8. The monoisotopic (exact) mass is 419 g/mol. The molecule has 5 nitrogen and oxygen atoms in total. The summed E-state index contributed by atoms with van der Waals surface area (Å²) in [5.74, 6) is 1.92. The van der Waals surface area contributed by atoms with Crippen LogP contribution in [0, 0.1) is 0 Å². The first-order chi connectivity index (χ1) is 12.6. The molecule has 2 aromatic carbocycles. The minimum atomic E-state index is -0.124. The average Bonchev–Trinajstić information content (AvgIpc) is 2.62. The van der Waals surface area contributed by atoms with E-state index in [0.717, 1.165) is 27.0 Å². The predicted octanol–water partition coefficient (Wildman–Crippen LogP) is 4.73. The summed E-state index contributed by atoms with van der Waals surface area (Å²) < 4.78 is 17.9. The first kappa shape index (κ1) is 18.6. The van der Waals surface area contributed by atoms with Crippen LogP contribution in [0.4, 0.5) is 5.69 Å². The zero-order chi connectivity index (χ0) is 18.7. The van der Waals surface area contributed by atoms with Crippen LogP contribution in [0.25, 0.3) is 0 Å². The Morgan fingerprint density at radius 3 is 2.38 bits per heavy atom. The van der Waals surface area contributed by atoms with Crippen molar-refractivity contribution in [3.05, 3.63) is 45.9 Å². The molecule has 3 rings (SSSR count). The van der Waals surface area contributed by atoms with E-state index in [4.69, 9.17) is 14.2 Å². The van der Waals surface area contributed by atoms with E-state index < -0.39 is 0 Å². The summed E-state index contributed by atoms with van der Waals surface area (Å²) in [4.78, 5) is 12.3. The van der Waals surface area contributed by atoms with Crippen molar-refractivity contribution in [1.82, 2.24) is 0 Å². The Kier molecular flexibility index (Phi) is 5.71. The Morgan fingerprint density at radius 1 is 1.04 bits per heavy atom. The largest absolute Gasteiger partial charge is 0.496 e. The summed E-state index contributed by atoms with van der Waals surface area (Å²) in [6.45, 7) is 4.92. The Hall–Kier alpha value is -2.21. The summed E-state index contributed by atoms with van der Waals surface area (Å²) in [7, 11) is 1.64. The molecule has 6 heteroatoms. The standard InChI is InChI=1S/C20H22BrNO4/c1-4-25-18-9-14-13(15-8-12(21)6-7-17(15)24-3)10-20(23)22-16(14)11-19(18)26-5-2/h6-9,11,13H,4-5,10H2,1-3H3,(H,22,23)/t13-/m0/s1. The minimum absolute atomic E-state index is 0.0314. The van der Waals surface area contributed by atoms with Crippen LogP contribution < -0.4 is 19.5 Å². The molecule has 1 aliphatic rings. The van der Waals surface area contributed by atoms with Gasteiger partial charge in [0.1, 0.15) is 5.75 Å². The molecule has 0 aromatic heterocycles. The molecular weight excluding hydrogens is 398 g/mol. The van der Waals surface area contributed by atoms with Crippen molar-refractivity contribution in [2.24, 2.45) is 0 Å². The quantitative estimate of drug-likeness (QED) is 0.734. The van der Waals surface area contributed by atoms with Crippen LogP contribution in [0.5, 0.6) is 17.2 Å². The van der Waals surface area contributed by atoms with E-state index in [9.17, 15) is 4.79 Å². The number of benzene rings is 2. The zero-order valence-electron chi connectivity index (χ0n) is 15.1. The number of rotatable bonds is 6. The van der Waals surface area contributed by atoms with Crippen LogP contribution in [-0.2, 0) is 4.79 Å². The van der Waals surface area contributed by atoms with E-state index in [0.29, 0.717) is 31.1 Å². The lowest BCUT2D eigenvalue weighted by molar-refractivity contribution is -0.116. The highest BCUT2D eigenvalue weighted by Crippen LogP contribution is 2.45. The third kappa shape index (κ3) is 3.65. The van der Waals surface area contributed by atoms with Crippen molar-refractivity contribution < 1.29 is 19.0 Å². The zero-order valence-corrected chi connectivity index (χ0v) is 16.7. The summed E-state index contributed by atoms with van der Waals surface area (Å²) in [5, 5.41) is 2.95. The van der Waals surface area contributed by atoms with Crippen molar-refractivity contribution in [1.29, 1.82) is 0 Å². The van der Waals surface area contributed by atoms with Crippen LogP contribution >= 0.6 is 15.9 Å². The van der Waals surface area contributed by atoms with Gasteiger partial charge in [-0.25, -0.2) is 0 Å². The molecule has 0 aliphatic carbocycles. The Bertz CT molecular complexity index is 822. The summed E-state index contributed by atoms with van der Waals surface area (Å²) in [6.07, 6.45) is 0.347. The number of anilines is 1. The number of carbonyl (C=O) groups is 1. The molecular formula is C20H22BrNO4. The van der Waals surface area contributed by atoms with Gasteiger partial charge in [0.05, 0.1) is 20.3 Å². The van der Waals surface area contributed by atoms with Crippen LogP contribution in [0.2, 0.25) is 0 Å². The van der Waals surface area contributed by atoms with E-state index in [1.165, 1.54) is 0 Å². The van der Waals surface area contributed by atoms with E-state index in [-0.39, 0.29) is 11.8 Å². The maximum Gasteiger partial charge on any atom is 0.225 e. The molecule has 26 heavy (non-hydrogen) atoms. The van der Waals surface area contributed by atoms with E-state index >= 15 is 0 Å². The molecule has 0 bridgehead atoms. The molecule has 1 amide bonds. The fourth-order valence-corrected chi connectivity index (χ4v) is 3.64. The van der Waals surface area contributed by atoms with Crippen molar-refractivity contribution in [3.63, 3.8) is 0 Å². The van der Waals surface area contributed by atoms with Gasteiger partial charge >= 0.3 is 0 Å². The number of hydrogen-bond donors (Lipinski definition) is 1. The molecule has 1 aliphatic heterocycles. The first-order valence-corrected chi connectivity index (χ1v) is 9.43. The van der Waals surface area contributed by atoms with Gasteiger partial charge in [-0.2, -0.15) is 0 Å². The van der Waals surface area contributed by atoms with E-state index in [1.54, 1.807) is 7.11 Å². The first-order valence-electron chi connectivity index (χ1n) is 8.64. The number of methoxy groups -OCH3 is 1. The number of ether oxygens (including phenoxy) is 3. The molecule has 0 fully saturated rings. The summed E-state index contributed by atoms with van der Waals surface area (Å²) in [6, 6.07) is 9.65. The van der Waals surface area contributed by atoms with Crippen molar-refractivity contribution >= 4 is 27.5 Å². The lowest BCUT2D eigenvalue weighted by Crippen LogP contribution is -2.24. The number of halogens is 1. The van der Waals surface area contributed by atoms with Gasteiger partial charge in [-0.1, -0.05) is 15.9 Å². The van der Waals surface area contributed by atoms with Crippen LogP contribution in [0.15, 0.2) is 34.8 Å². The lowest BCUT2D eigenvalue weighted by atomic mass is 9.84. The average molecular weight is 420 g/mol. The van der Waals surface area contributed by atoms with Gasteiger partial charge < -0.3 is 19.5 Å². The van der Waals surface area contributed by atoms with Gasteiger partial charge in [0.25, 0.3) is 0 Å². The van der Waals surface area contributed by atoms with Gasteiger partial charge in [-0.3, -0.25) is 4.79 Å². The number of amides is 1. The third-order valence-corrected chi connectivity index (χ3v) is 4.82. The summed E-state index contributed by atoms with van der Waals surface area (Å²) >= 11 is 3.52. The van der Waals surface area contributed by atoms with Crippen molar-refractivity contribution in [2.45, 2.75) is 26.2 Å². The highest BCUT2D eigenvalue weighted by Gasteiger charge is 2.30. The number of hydrogen-bond acceptors (Lipinski definition) is 4. The fraction of sp³-hybridized carbons (Fsp3) is 0.350. The second-order valence-corrected chi connectivity index (χ2v) is 6.86.